The summed E-state index contributed by atoms with van der Waals surface area (Å²) in [5.41, 5.74) is 1.51. The molecule has 2 nitrogen and oxygen atoms in total. The lowest BCUT2D eigenvalue weighted by atomic mass is 10.1. The summed E-state index contributed by atoms with van der Waals surface area (Å²) in [6.07, 6.45) is 2.59. The van der Waals surface area contributed by atoms with Crippen LogP contribution in [0.25, 0.3) is 0 Å². The van der Waals surface area contributed by atoms with Crippen LogP contribution < -0.4 is 4.90 Å². The summed E-state index contributed by atoms with van der Waals surface area (Å²) < 4.78 is 13.1. The molecule has 0 aliphatic carbocycles. The van der Waals surface area contributed by atoms with Crippen LogP contribution in [0.4, 0.5) is 15.8 Å². The van der Waals surface area contributed by atoms with Gasteiger partial charge in [-0.05, 0) is 42.0 Å². The largest absolute Gasteiger partial charge is 0.280 e. The van der Waals surface area contributed by atoms with Crippen molar-refractivity contribution in [1.82, 2.24) is 0 Å². The number of hydrogen-bond acceptors (Lipinski definition) is 1. The molecule has 0 unspecified atom stereocenters. The molecule has 0 saturated heterocycles. The van der Waals surface area contributed by atoms with Gasteiger partial charge in [0.25, 0.3) is 0 Å². The lowest BCUT2D eigenvalue weighted by molar-refractivity contribution is -0.114. The number of carbonyl (C=O) groups excluding carboxylic acids is 1. The summed E-state index contributed by atoms with van der Waals surface area (Å²) in [5.74, 6) is -0.788. The maximum absolute atomic E-state index is 13.1. The molecule has 1 amide bonds. The van der Waals surface area contributed by atoms with Crippen molar-refractivity contribution in [3.63, 3.8) is 0 Å². The van der Waals surface area contributed by atoms with Gasteiger partial charge in [-0.25, -0.2) is 4.39 Å². The van der Waals surface area contributed by atoms with E-state index in [9.17, 15) is 9.18 Å². The molecule has 0 fully saturated rings. The predicted molar refractivity (Wildman–Crippen MR) is 72.4 cm³/mol. The average Bonchev–Trinajstić information content (AvgIpc) is 2.62. The van der Waals surface area contributed by atoms with E-state index < -0.39 is 5.82 Å². The van der Waals surface area contributed by atoms with Crippen molar-refractivity contribution in [2.75, 3.05) is 4.90 Å². The lowest BCUT2D eigenvalue weighted by Gasteiger charge is -2.18. The summed E-state index contributed by atoms with van der Waals surface area (Å²) in [4.78, 5) is 13.4. The maximum atomic E-state index is 13.1. The molecule has 1 aliphatic heterocycles. The Morgan fingerprint density at radius 2 is 1.74 bits per heavy atom. The normalized spacial score (nSPS) is 13.8. The highest BCUT2D eigenvalue weighted by molar-refractivity contribution is 6.35. The molecule has 0 saturated carbocycles. The van der Waals surface area contributed by atoms with Gasteiger partial charge in [-0.2, -0.15) is 0 Å². The summed E-state index contributed by atoms with van der Waals surface area (Å²) in [7, 11) is 0. The van der Waals surface area contributed by atoms with Gasteiger partial charge in [0.2, 0.25) is 5.91 Å². The van der Waals surface area contributed by atoms with Crippen molar-refractivity contribution in [2.24, 2.45) is 0 Å². The zero-order valence-corrected chi connectivity index (χ0v) is 11.0. The van der Waals surface area contributed by atoms with Gasteiger partial charge in [0.15, 0.2) is 0 Å². The van der Waals surface area contributed by atoms with Gasteiger partial charge < -0.3 is 0 Å². The van der Waals surface area contributed by atoms with Crippen molar-refractivity contribution >= 4 is 40.5 Å². The van der Waals surface area contributed by atoms with Crippen LogP contribution in [0.5, 0.6) is 0 Å². The van der Waals surface area contributed by atoms with E-state index in [2.05, 4.69) is 6.42 Å². The number of amides is 1. The van der Waals surface area contributed by atoms with Crippen LogP contribution in [0.3, 0.4) is 0 Å². The fourth-order valence-corrected chi connectivity index (χ4v) is 2.52. The van der Waals surface area contributed by atoms with E-state index in [0.29, 0.717) is 27.0 Å². The molecule has 1 heterocycles. The van der Waals surface area contributed by atoms with Crippen molar-refractivity contribution in [3.05, 3.63) is 64.2 Å². The van der Waals surface area contributed by atoms with Crippen LogP contribution >= 0.6 is 23.2 Å². The van der Waals surface area contributed by atoms with Gasteiger partial charge in [0.1, 0.15) is 12.2 Å². The minimum absolute atomic E-state index is 0.376. The minimum Gasteiger partial charge on any atom is -0.280 e. The summed E-state index contributed by atoms with van der Waals surface area (Å²) in [6, 6.07) is 8.89. The molecule has 0 aromatic heterocycles. The first kappa shape index (κ1) is 12.5. The molecule has 3 rings (SSSR count). The first-order valence-corrected chi connectivity index (χ1v) is 6.17. The molecule has 0 bridgehead atoms. The zero-order chi connectivity index (χ0) is 13.6. The number of carbonyl (C=O) groups is 1. The monoisotopic (exact) mass is 293 g/mol. The first-order chi connectivity index (χ1) is 9.04. The fourth-order valence-electron chi connectivity index (χ4n) is 2.01. The van der Waals surface area contributed by atoms with Gasteiger partial charge in [-0.15, -0.1) is 0 Å². The van der Waals surface area contributed by atoms with Gasteiger partial charge in [0.05, 0.1) is 11.4 Å². The Labute approximate surface area is 119 Å². The highest BCUT2D eigenvalue weighted by Crippen LogP contribution is 2.38. The average molecular weight is 294 g/mol. The molecular weight excluding hydrogens is 288 g/mol. The van der Waals surface area contributed by atoms with Crippen LogP contribution in [0.2, 0.25) is 10.0 Å². The number of anilines is 2. The summed E-state index contributed by atoms with van der Waals surface area (Å²) in [6.45, 7) is 0. The zero-order valence-electron chi connectivity index (χ0n) is 9.45. The molecule has 1 aliphatic rings. The molecule has 2 radical (unpaired) electrons. The minimum atomic E-state index is -0.412. The van der Waals surface area contributed by atoms with Crippen molar-refractivity contribution < 1.29 is 9.18 Å². The van der Waals surface area contributed by atoms with Crippen LogP contribution in [-0.2, 0) is 4.79 Å². The third kappa shape index (κ3) is 2.20. The van der Waals surface area contributed by atoms with Crippen molar-refractivity contribution in [2.45, 2.75) is 0 Å². The van der Waals surface area contributed by atoms with Crippen LogP contribution in [0.1, 0.15) is 5.56 Å². The highest BCUT2D eigenvalue weighted by atomic mass is 35.5. The fraction of sp³-hybridized carbons (Fsp3) is 0. The second-order valence-electron chi connectivity index (χ2n) is 4.05. The number of benzene rings is 2. The quantitative estimate of drug-likeness (QED) is 0.770. The van der Waals surface area contributed by atoms with E-state index in [1.807, 2.05) is 0 Å². The molecule has 19 heavy (non-hydrogen) atoms. The molecule has 2 aromatic rings. The van der Waals surface area contributed by atoms with E-state index in [-0.39, 0.29) is 5.91 Å². The molecule has 0 spiro atoms. The Kier molecular flexibility index (Phi) is 2.96. The highest BCUT2D eigenvalue weighted by Gasteiger charge is 2.30. The topological polar surface area (TPSA) is 20.3 Å². The maximum Gasteiger partial charge on any atom is 0.245 e. The van der Waals surface area contributed by atoms with Gasteiger partial charge >= 0.3 is 0 Å². The summed E-state index contributed by atoms with van der Waals surface area (Å²) >= 11 is 11.9. The number of rotatable bonds is 1. The number of halogens is 3. The molecule has 0 atom stereocenters. The Bertz CT molecular complexity index is 667. The smallest absolute Gasteiger partial charge is 0.245 e. The van der Waals surface area contributed by atoms with Crippen molar-refractivity contribution in [1.29, 1.82) is 0 Å². The summed E-state index contributed by atoms with van der Waals surface area (Å²) in [5, 5.41) is 0.844. The van der Waals surface area contributed by atoms with Crippen LogP contribution in [0.15, 0.2) is 36.4 Å². The van der Waals surface area contributed by atoms with E-state index in [1.165, 1.54) is 23.1 Å². The predicted octanol–water partition coefficient (Wildman–Crippen LogP) is 4.24. The van der Waals surface area contributed by atoms with Gasteiger partial charge in [-0.1, -0.05) is 23.2 Å². The Morgan fingerprint density at radius 3 is 2.42 bits per heavy atom. The Morgan fingerprint density at radius 1 is 1.05 bits per heavy atom. The SMILES string of the molecule is O=C1[C]c2cc(F)ccc2N1c1cc(Cl)cc(Cl)c1. The third-order valence-corrected chi connectivity index (χ3v) is 3.19. The van der Waals surface area contributed by atoms with E-state index in [0.717, 1.165) is 0 Å². The number of nitrogens with zero attached hydrogens (tertiary/aromatic N) is 1. The number of hydrogen-bond donors (Lipinski definition) is 0. The van der Waals surface area contributed by atoms with Crippen LogP contribution in [0, 0.1) is 12.2 Å². The molecule has 0 N–H and O–H groups in total. The van der Waals surface area contributed by atoms with E-state index >= 15 is 0 Å². The molecule has 2 aromatic carbocycles. The second kappa shape index (κ2) is 4.51. The molecule has 94 valence electrons. The number of fused-ring (bicyclic) bond motifs is 1. The van der Waals surface area contributed by atoms with Crippen molar-refractivity contribution in [3.8, 4) is 0 Å². The standard InChI is InChI=1S/C14H6Cl2FNO/c15-9-5-10(16)7-12(6-9)18-13-2-1-11(17)3-8(13)4-14(18)19/h1-3,5-7H. The van der Waals surface area contributed by atoms with Gasteiger partial charge in [-0.3, -0.25) is 9.69 Å². The third-order valence-electron chi connectivity index (χ3n) is 2.75. The second-order valence-corrected chi connectivity index (χ2v) is 4.93. The Hall–Kier alpha value is -1.58. The Balaban J connectivity index is 2.14. The van der Waals surface area contributed by atoms with E-state index in [4.69, 9.17) is 23.2 Å². The first-order valence-electron chi connectivity index (χ1n) is 5.41. The molecule has 5 heteroatoms. The lowest BCUT2D eigenvalue weighted by Crippen LogP contribution is -2.19. The van der Waals surface area contributed by atoms with Crippen LogP contribution in [-0.4, -0.2) is 5.91 Å². The van der Waals surface area contributed by atoms with E-state index in [1.54, 1.807) is 18.2 Å². The van der Waals surface area contributed by atoms with Gasteiger partial charge in [0, 0.05) is 10.0 Å². The molecular formula is C14H6Cl2FNO.